The quantitative estimate of drug-likeness (QED) is 0.251. The topological polar surface area (TPSA) is 61.8 Å². The van der Waals surface area contributed by atoms with Crippen molar-refractivity contribution in [1.29, 1.82) is 0 Å². The number of benzene rings is 1. The van der Waals surface area contributed by atoms with Crippen molar-refractivity contribution in [2.45, 2.75) is 18.3 Å². The van der Waals surface area contributed by atoms with E-state index in [4.69, 9.17) is 4.74 Å². The second kappa shape index (κ2) is 10.1. The SMILES string of the molecule is C=C(F)C(F)(CF)OP(=O)(CC(=O)OCc1ccccc1)OC(F)(CF)C(=C)F. The third-order valence-corrected chi connectivity index (χ3v) is 5.07. The van der Waals surface area contributed by atoms with Crippen molar-refractivity contribution in [2.75, 3.05) is 19.5 Å². The Kier molecular flexibility index (Phi) is 8.67. The fraction of sp³-hybridized carbons (Fsp3) is 0.353. The molecule has 2 unspecified atom stereocenters. The summed E-state index contributed by atoms with van der Waals surface area (Å²) in [4.78, 5) is 11.9. The molecule has 1 rings (SSSR count). The van der Waals surface area contributed by atoms with Crippen LogP contribution in [0.2, 0.25) is 0 Å². The van der Waals surface area contributed by atoms with Crippen LogP contribution in [0.1, 0.15) is 5.56 Å². The zero-order valence-corrected chi connectivity index (χ0v) is 15.8. The summed E-state index contributed by atoms with van der Waals surface area (Å²) in [6.45, 7) is -0.168. The number of rotatable bonds is 12. The largest absolute Gasteiger partial charge is 0.460 e. The first-order chi connectivity index (χ1) is 13.4. The molecule has 2 atom stereocenters. The van der Waals surface area contributed by atoms with Crippen LogP contribution in [0.3, 0.4) is 0 Å². The van der Waals surface area contributed by atoms with Gasteiger partial charge in [0.15, 0.2) is 25.0 Å². The van der Waals surface area contributed by atoms with Crippen molar-refractivity contribution in [3.05, 3.63) is 60.7 Å². The molecule has 0 aliphatic carbocycles. The van der Waals surface area contributed by atoms with Gasteiger partial charge in [0.25, 0.3) is 11.7 Å². The van der Waals surface area contributed by atoms with Gasteiger partial charge in [-0.15, -0.1) is 0 Å². The van der Waals surface area contributed by atoms with Gasteiger partial charge in [0, 0.05) is 0 Å². The number of hydrogen-bond donors (Lipinski definition) is 0. The first kappa shape index (κ1) is 24.9. The second-order valence-electron chi connectivity index (χ2n) is 5.63. The van der Waals surface area contributed by atoms with E-state index in [9.17, 15) is 35.7 Å². The van der Waals surface area contributed by atoms with Gasteiger partial charge in [-0.2, -0.15) is 0 Å². The van der Waals surface area contributed by atoms with Gasteiger partial charge in [-0.1, -0.05) is 43.5 Å². The summed E-state index contributed by atoms with van der Waals surface area (Å²) < 4.78 is 106. The molecule has 0 N–H and O–H groups in total. The number of carbonyl (C=O) groups is 1. The molecule has 29 heavy (non-hydrogen) atoms. The van der Waals surface area contributed by atoms with Crippen LogP contribution >= 0.6 is 7.60 Å². The summed E-state index contributed by atoms with van der Waals surface area (Å²) in [6, 6.07) is 7.91. The highest BCUT2D eigenvalue weighted by molar-refractivity contribution is 7.54. The fourth-order valence-electron chi connectivity index (χ4n) is 1.76. The van der Waals surface area contributed by atoms with Crippen molar-refractivity contribution in [3.63, 3.8) is 0 Å². The van der Waals surface area contributed by atoms with Gasteiger partial charge >= 0.3 is 13.6 Å². The normalized spacial score (nSPS) is 17.4. The smallest absolute Gasteiger partial charge is 0.348 e. The Morgan fingerprint density at radius 3 is 1.79 bits per heavy atom. The summed E-state index contributed by atoms with van der Waals surface area (Å²) in [5, 5.41) is 0. The standard InChI is InChI=1S/C17H17F6O5P/c1-12(20)16(22,10-18)27-29(25,28-17(23,11-19)13(2)21)9-15(24)26-8-14-6-4-3-5-7-14/h3-7H,1-2,8-11H2. The molecule has 0 heterocycles. The fourth-order valence-corrected chi connectivity index (χ4v) is 3.51. The minimum atomic E-state index is -5.59. The number of alkyl halides is 4. The predicted octanol–water partition coefficient (Wildman–Crippen LogP) is 5.19. The molecule has 5 nitrogen and oxygen atoms in total. The molecule has 0 spiro atoms. The molecule has 0 fully saturated rings. The summed E-state index contributed by atoms with van der Waals surface area (Å²) in [5.74, 6) is -14.0. The minimum Gasteiger partial charge on any atom is -0.460 e. The molecular formula is C17H17F6O5P. The van der Waals surface area contributed by atoms with E-state index in [1.807, 2.05) is 0 Å². The Balaban J connectivity index is 3.08. The van der Waals surface area contributed by atoms with Gasteiger partial charge in [0.05, 0.1) is 0 Å². The molecule has 1 aromatic rings. The van der Waals surface area contributed by atoms with E-state index in [-0.39, 0.29) is 6.61 Å². The zero-order valence-electron chi connectivity index (χ0n) is 14.9. The van der Waals surface area contributed by atoms with Gasteiger partial charge in [-0.25, -0.2) is 26.3 Å². The summed E-state index contributed by atoms with van der Waals surface area (Å²) >= 11 is 0. The van der Waals surface area contributed by atoms with E-state index in [0.717, 1.165) is 0 Å². The van der Waals surface area contributed by atoms with Crippen LogP contribution < -0.4 is 0 Å². The van der Waals surface area contributed by atoms with E-state index < -0.39 is 56.4 Å². The molecule has 0 saturated carbocycles. The van der Waals surface area contributed by atoms with Crippen LogP contribution in [0.4, 0.5) is 26.3 Å². The molecule has 0 radical (unpaired) electrons. The maximum Gasteiger partial charge on any atom is 0.348 e. The Hall–Kier alpha value is -2.10. The molecular weight excluding hydrogens is 429 g/mol. The lowest BCUT2D eigenvalue weighted by molar-refractivity contribution is -0.143. The van der Waals surface area contributed by atoms with E-state index in [0.29, 0.717) is 5.56 Å². The number of esters is 1. The number of ether oxygens (including phenoxy) is 1. The van der Waals surface area contributed by atoms with Crippen molar-refractivity contribution >= 4 is 13.6 Å². The Labute approximate surface area is 162 Å². The van der Waals surface area contributed by atoms with Crippen molar-refractivity contribution < 1.29 is 49.5 Å². The van der Waals surface area contributed by atoms with Gasteiger partial charge in [0.1, 0.15) is 12.8 Å². The number of halogens is 6. The Morgan fingerprint density at radius 1 is 0.966 bits per heavy atom. The first-order valence-electron chi connectivity index (χ1n) is 7.79. The van der Waals surface area contributed by atoms with Crippen molar-refractivity contribution in [2.24, 2.45) is 0 Å². The van der Waals surface area contributed by atoms with Crippen molar-refractivity contribution in [3.8, 4) is 0 Å². The number of hydrogen-bond acceptors (Lipinski definition) is 5. The molecule has 0 saturated heterocycles. The summed E-state index contributed by atoms with van der Waals surface area (Å²) in [6.07, 6.45) is -1.63. The summed E-state index contributed by atoms with van der Waals surface area (Å²) in [7, 11) is -5.59. The summed E-state index contributed by atoms with van der Waals surface area (Å²) in [5.41, 5.74) is 0.457. The highest BCUT2D eigenvalue weighted by atomic mass is 31.2. The maximum absolute atomic E-state index is 14.1. The van der Waals surface area contributed by atoms with Crippen LogP contribution in [0.5, 0.6) is 0 Å². The van der Waals surface area contributed by atoms with Crippen LogP contribution in [-0.2, 0) is 29.8 Å². The minimum absolute atomic E-state index is 0.390. The average molecular weight is 446 g/mol. The zero-order chi connectivity index (χ0) is 22.3. The van der Waals surface area contributed by atoms with E-state index in [1.54, 1.807) is 18.2 Å². The molecule has 0 amide bonds. The van der Waals surface area contributed by atoms with E-state index in [2.05, 4.69) is 22.2 Å². The predicted molar refractivity (Wildman–Crippen MR) is 91.0 cm³/mol. The van der Waals surface area contributed by atoms with E-state index in [1.165, 1.54) is 12.1 Å². The molecule has 162 valence electrons. The van der Waals surface area contributed by atoms with Gasteiger partial charge in [-0.05, 0) is 5.56 Å². The van der Waals surface area contributed by atoms with E-state index >= 15 is 0 Å². The molecule has 0 bridgehead atoms. The highest BCUT2D eigenvalue weighted by Crippen LogP contribution is 2.57. The molecule has 0 aliphatic heterocycles. The lowest BCUT2D eigenvalue weighted by atomic mass is 10.2. The molecule has 12 heteroatoms. The van der Waals surface area contributed by atoms with Crippen LogP contribution in [0.15, 0.2) is 55.1 Å². The maximum atomic E-state index is 14.1. The molecule has 0 aliphatic rings. The Morgan fingerprint density at radius 2 is 1.41 bits per heavy atom. The van der Waals surface area contributed by atoms with Gasteiger partial charge in [-0.3, -0.25) is 18.4 Å². The number of carbonyl (C=O) groups excluding carboxylic acids is 1. The highest BCUT2D eigenvalue weighted by Gasteiger charge is 2.51. The van der Waals surface area contributed by atoms with Crippen LogP contribution in [0, 0.1) is 0 Å². The Bertz CT molecular complexity index is 758. The lowest BCUT2D eigenvalue weighted by Gasteiger charge is -2.30. The average Bonchev–Trinajstić information content (AvgIpc) is 2.66. The lowest BCUT2D eigenvalue weighted by Crippen LogP contribution is -2.35. The third-order valence-electron chi connectivity index (χ3n) is 3.29. The van der Waals surface area contributed by atoms with Crippen molar-refractivity contribution in [1.82, 2.24) is 0 Å². The first-order valence-corrected chi connectivity index (χ1v) is 9.52. The van der Waals surface area contributed by atoms with Gasteiger partial charge in [0.2, 0.25) is 0 Å². The second-order valence-corrected chi connectivity index (χ2v) is 7.54. The third kappa shape index (κ3) is 7.02. The van der Waals surface area contributed by atoms with Gasteiger partial charge < -0.3 is 4.74 Å². The van der Waals surface area contributed by atoms with Crippen LogP contribution in [0.25, 0.3) is 0 Å². The molecule has 0 aromatic heterocycles. The van der Waals surface area contributed by atoms with Crippen LogP contribution in [-0.4, -0.2) is 37.2 Å². The monoisotopic (exact) mass is 446 g/mol. The molecule has 1 aromatic carbocycles.